The molecule has 0 saturated heterocycles. The topological polar surface area (TPSA) is 77.1 Å². The van der Waals surface area contributed by atoms with Crippen molar-refractivity contribution in [3.8, 4) is 11.8 Å². The summed E-state index contributed by atoms with van der Waals surface area (Å²) in [5.41, 5.74) is -0.110. The van der Waals surface area contributed by atoms with Crippen LogP contribution in [0.4, 0.5) is 13.2 Å². The molecule has 4 rings (SSSR count). The molecule has 0 aliphatic carbocycles. The molecule has 0 aliphatic rings. The number of carbonyl (C=O) groups excluding carboxylic acids is 1. The molecule has 0 aliphatic heterocycles. The first-order chi connectivity index (χ1) is 14.8. The summed E-state index contributed by atoms with van der Waals surface area (Å²) >= 11 is 0. The van der Waals surface area contributed by atoms with Gasteiger partial charge in [0.1, 0.15) is 17.6 Å². The zero-order valence-electron chi connectivity index (χ0n) is 15.9. The summed E-state index contributed by atoms with van der Waals surface area (Å²) in [6.07, 6.45) is -3.19. The van der Waals surface area contributed by atoms with E-state index in [9.17, 15) is 22.8 Å². The SMILES string of the molecule is O=C(Cn1cnc2c(oc3ccccc32)c1=O)NCC#Cc1cccc(C(F)(F)F)c1. The number of benzene rings is 2. The summed E-state index contributed by atoms with van der Waals surface area (Å²) in [6.45, 7) is -0.395. The molecule has 156 valence electrons. The molecule has 1 N–H and O–H groups in total. The zero-order chi connectivity index (χ0) is 22.0. The van der Waals surface area contributed by atoms with Gasteiger partial charge in [-0.1, -0.05) is 30.0 Å². The van der Waals surface area contributed by atoms with Crippen molar-refractivity contribution in [1.29, 1.82) is 0 Å². The van der Waals surface area contributed by atoms with Crippen LogP contribution in [0.5, 0.6) is 0 Å². The molecule has 2 aromatic heterocycles. The van der Waals surface area contributed by atoms with E-state index >= 15 is 0 Å². The van der Waals surface area contributed by atoms with Gasteiger partial charge in [0.25, 0.3) is 5.56 Å². The Morgan fingerprint density at radius 1 is 1.16 bits per heavy atom. The van der Waals surface area contributed by atoms with Gasteiger partial charge in [-0.25, -0.2) is 4.98 Å². The molecule has 0 saturated carbocycles. The number of hydrogen-bond acceptors (Lipinski definition) is 4. The third-order valence-electron chi connectivity index (χ3n) is 4.46. The molecule has 6 nitrogen and oxygen atoms in total. The van der Waals surface area contributed by atoms with Crippen LogP contribution in [-0.4, -0.2) is 22.0 Å². The fourth-order valence-electron chi connectivity index (χ4n) is 3.00. The van der Waals surface area contributed by atoms with Crippen LogP contribution in [0.15, 0.2) is 64.1 Å². The fraction of sp³-hybridized carbons (Fsp3) is 0.136. The fourth-order valence-corrected chi connectivity index (χ4v) is 3.00. The van der Waals surface area contributed by atoms with E-state index in [4.69, 9.17) is 4.42 Å². The Kier molecular flexibility index (Phi) is 5.21. The lowest BCUT2D eigenvalue weighted by Crippen LogP contribution is -2.32. The quantitative estimate of drug-likeness (QED) is 0.511. The van der Waals surface area contributed by atoms with Crippen LogP contribution in [0, 0.1) is 11.8 Å². The molecule has 2 heterocycles. The number of aromatic nitrogens is 2. The van der Waals surface area contributed by atoms with E-state index in [2.05, 4.69) is 22.1 Å². The minimum Gasteiger partial charge on any atom is -0.448 e. The third kappa shape index (κ3) is 4.28. The average molecular weight is 425 g/mol. The molecule has 2 aromatic carbocycles. The summed E-state index contributed by atoms with van der Waals surface area (Å²) in [6, 6.07) is 11.7. The highest BCUT2D eigenvalue weighted by molar-refractivity contribution is 6.01. The Labute approximate surface area is 173 Å². The normalized spacial score (nSPS) is 11.3. The van der Waals surface area contributed by atoms with Crippen LogP contribution in [0.25, 0.3) is 22.1 Å². The van der Waals surface area contributed by atoms with Gasteiger partial charge >= 0.3 is 6.18 Å². The van der Waals surface area contributed by atoms with Crippen molar-refractivity contribution in [2.45, 2.75) is 12.7 Å². The second kappa shape index (κ2) is 7.99. The Balaban J connectivity index is 1.43. The molecule has 1 amide bonds. The van der Waals surface area contributed by atoms with Crippen LogP contribution < -0.4 is 10.9 Å². The van der Waals surface area contributed by atoms with Crippen molar-refractivity contribution in [2.75, 3.05) is 6.54 Å². The molecule has 0 bridgehead atoms. The number of nitrogens with zero attached hydrogens (tertiary/aromatic N) is 2. The van der Waals surface area contributed by atoms with Gasteiger partial charge < -0.3 is 9.73 Å². The number of para-hydroxylation sites is 1. The van der Waals surface area contributed by atoms with Crippen molar-refractivity contribution < 1.29 is 22.4 Å². The molecule has 0 spiro atoms. The molecule has 0 fully saturated rings. The van der Waals surface area contributed by atoms with Crippen molar-refractivity contribution in [3.63, 3.8) is 0 Å². The summed E-state index contributed by atoms with van der Waals surface area (Å²) in [5, 5.41) is 3.20. The number of amides is 1. The molecule has 0 atom stereocenters. The highest BCUT2D eigenvalue weighted by Crippen LogP contribution is 2.29. The second-order valence-corrected chi connectivity index (χ2v) is 6.61. The van der Waals surface area contributed by atoms with E-state index < -0.39 is 23.2 Å². The number of fused-ring (bicyclic) bond motifs is 3. The summed E-state index contributed by atoms with van der Waals surface area (Å²) in [7, 11) is 0. The minimum absolute atomic E-state index is 0.0563. The largest absolute Gasteiger partial charge is 0.448 e. The van der Waals surface area contributed by atoms with Gasteiger partial charge in [-0.05, 0) is 30.3 Å². The standard InChI is InChI=1S/C22H14F3N3O3/c23-22(24,25)15-7-3-5-14(11-15)6-4-10-26-18(29)12-28-13-27-19-16-8-1-2-9-17(16)31-20(19)21(28)30/h1-3,5,7-9,11,13H,10,12H2,(H,26,29). The Morgan fingerprint density at radius 3 is 2.77 bits per heavy atom. The van der Waals surface area contributed by atoms with E-state index in [1.807, 2.05) is 0 Å². The number of carbonyl (C=O) groups is 1. The maximum Gasteiger partial charge on any atom is 0.416 e. The van der Waals surface area contributed by atoms with Crippen LogP contribution in [0.3, 0.4) is 0 Å². The Morgan fingerprint density at radius 2 is 1.97 bits per heavy atom. The van der Waals surface area contributed by atoms with Gasteiger partial charge in [-0.15, -0.1) is 0 Å². The monoisotopic (exact) mass is 425 g/mol. The lowest BCUT2D eigenvalue weighted by Gasteiger charge is -2.06. The minimum atomic E-state index is -4.45. The number of rotatable bonds is 3. The van der Waals surface area contributed by atoms with Crippen molar-refractivity contribution in [1.82, 2.24) is 14.9 Å². The first kappa shape index (κ1) is 20.2. The van der Waals surface area contributed by atoms with E-state index in [1.54, 1.807) is 24.3 Å². The van der Waals surface area contributed by atoms with Crippen LogP contribution in [0.2, 0.25) is 0 Å². The van der Waals surface area contributed by atoms with Gasteiger partial charge in [-0.2, -0.15) is 13.2 Å². The predicted molar refractivity (Wildman–Crippen MR) is 107 cm³/mol. The Hall–Kier alpha value is -4.06. The van der Waals surface area contributed by atoms with Gasteiger partial charge in [0.2, 0.25) is 11.5 Å². The predicted octanol–water partition coefficient (Wildman–Crippen LogP) is 3.33. The van der Waals surface area contributed by atoms with Crippen LogP contribution >= 0.6 is 0 Å². The average Bonchev–Trinajstić information content (AvgIpc) is 3.12. The molecular formula is C22H14F3N3O3. The smallest absolute Gasteiger partial charge is 0.416 e. The van der Waals surface area contributed by atoms with Gasteiger partial charge in [0.05, 0.1) is 18.4 Å². The van der Waals surface area contributed by atoms with E-state index in [-0.39, 0.29) is 24.2 Å². The highest BCUT2D eigenvalue weighted by Gasteiger charge is 2.30. The van der Waals surface area contributed by atoms with Crippen LogP contribution in [-0.2, 0) is 17.5 Å². The molecule has 0 radical (unpaired) electrons. The van der Waals surface area contributed by atoms with Crippen molar-refractivity contribution >= 4 is 28.0 Å². The van der Waals surface area contributed by atoms with Gasteiger partial charge in [-0.3, -0.25) is 14.2 Å². The molecule has 4 aromatic rings. The maximum absolute atomic E-state index is 12.7. The van der Waals surface area contributed by atoms with E-state index in [0.717, 1.165) is 16.7 Å². The van der Waals surface area contributed by atoms with E-state index in [1.165, 1.54) is 18.5 Å². The zero-order valence-corrected chi connectivity index (χ0v) is 15.9. The van der Waals surface area contributed by atoms with E-state index in [0.29, 0.717) is 16.5 Å². The van der Waals surface area contributed by atoms with Crippen LogP contribution in [0.1, 0.15) is 11.1 Å². The molecule has 9 heteroatoms. The third-order valence-corrected chi connectivity index (χ3v) is 4.46. The van der Waals surface area contributed by atoms with Crippen molar-refractivity contribution in [2.24, 2.45) is 0 Å². The molecule has 0 unspecified atom stereocenters. The van der Waals surface area contributed by atoms with Crippen molar-refractivity contribution in [3.05, 3.63) is 76.3 Å². The lowest BCUT2D eigenvalue weighted by atomic mass is 10.1. The second-order valence-electron chi connectivity index (χ2n) is 6.61. The number of hydrogen-bond donors (Lipinski definition) is 1. The van der Waals surface area contributed by atoms with Gasteiger partial charge in [0.15, 0.2) is 0 Å². The summed E-state index contributed by atoms with van der Waals surface area (Å²) in [4.78, 5) is 28.9. The number of nitrogens with one attached hydrogen (secondary N) is 1. The Bertz CT molecular complexity index is 1410. The number of halogens is 3. The number of furan rings is 1. The summed E-state index contributed by atoms with van der Waals surface area (Å²) in [5.74, 6) is 4.65. The number of alkyl halides is 3. The lowest BCUT2D eigenvalue weighted by molar-refractivity contribution is -0.137. The first-order valence-corrected chi connectivity index (χ1v) is 9.12. The molecular weight excluding hydrogens is 411 g/mol. The first-order valence-electron chi connectivity index (χ1n) is 9.12. The summed E-state index contributed by atoms with van der Waals surface area (Å²) < 4.78 is 44.8. The highest BCUT2D eigenvalue weighted by atomic mass is 19.4. The van der Waals surface area contributed by atoms with Gasteiger partial charge in [0, 0.05) is 10.9 Å². The molecule has 31 heavy (non-hydrogen) atoms. The maximum atomic E-state index is 12.7.